The number of halogens is 1. The van der Waals surface area contributed by atoms with Crippen LogP contribution >= 0.6 is 15.9 Å². The lowest BCUT2D eigenvalue weighted by Gasteiger charge is -2.14. The molecule has 0 spiro atoms. The number of nitrogens with one attached hydrogen (secondary N) is 1. The topological polar surface area (TPSA) is 80.6 Å². The number of amides is 1. The first kappa shape index (κ1) is 22.6. The van der Waals surface area contributed by atoms with Crippen LogP contribution in [0.5, 0.6) is 17.2 Å². The second kappa shape index (κ2) is 12.0. The van der Waals surface area contributed by atoms with Crippen molar-refractivity contribution in [3.05, 3.63) is 52.0 Å². The van der Waals surface area contributed by atoms with Gasteiger partial charge in [0.25, 0.3) is 5.91 Å². The number of rotatable bonds is 11. The highest BCUT2D eigenvalue weighted by Crippen LogP contribution is 2.36. The Morgan fingerprint density at radius 1 is 1.14 bits per heavy atom. The van der Waals surface area contributed by atoms with Crippen molar-refractivity contribution in [2.24, 2.45) is 0 Å². The minimum absolute atomic E-state index is 0.134. The second-order valence-electron chi connectivity index (χ2n) is 6.34. The van der Waals surface area contributed by atoms with Crippen LogP contribution in [0.1, 0.15) is 30.9 Å². The van der Waals surface area contributed by atoms with Gasteiger partial charge >= 0.3 is 0 Å². The van der Waals surface area contributed by atoms with Gasteiger partial charge in [0, 0.05) is 12.6 Å². The van der Waals surface area contributed by atoms with Crippen molar-refractivity contribution in [3.63, 3.8) is 0 Å². The van der Waals surface area contributed by atoms with Gasteiger partial charge < -0.3 is 19.5 Å². The predicted octanol–water partition coefficient (Wildman–Crippen LogP) is 4.38. The van der Waals surface area contributed by atoms with Gasteiger partial charge in [-0.15, -0.1) is 0 Å². The van der Waals surface area contributed by atoms with Gasteiger partial charge in [-0.3, -0.25) is 4.79 Å². The summed E-state index contributed by atoms with van der Waals surface area (Å²) >= 11 is 3.36. The third-order valence-corrected chi connectivity index (χ3v) is 4.56. The molecule has 2 rings (SSSR count). The molecule has 0 aliphatic rings. The second-order valence-corrected chi connectivity index (χ2v) is 7.19. The van der Waals surface area contributed by atoms with Gasteiger partial charge in [-0.05, 0) is 60.8 Å². The average molecular weight is 461 g/mol. The normalized spacial score (nSPS) is 10.1. The predicted molar refractivity (Wildman–Crippen MR) is 114 cm³/mol. The molecule has 2 aromatic rings. The van der Waals surface area contributed by atoms with E-state index < -0.39 is 0 Å². The number of nitriles is 1. The van der Waals surface area contributed by atoms with Gasteiger partial charge in [0.2, 0.25) is 0 Å². The van der Waals surface area contributed by atoms with Gasteiger partial charge in [0.05, 0.1) is 29.3 Å². The minimum Gasteiger partial charge on any atom is -0.494 e. The maximum atomic E-state index is 12.0. The molecule has 0 bridgehead atoms. The highest BCUT2D eigenvalue weighted by Gasteiger charge is 2.14. The maximum Gasteiger partial charge on any atom is 0.257 e. The van der Waals surface area contributed by atoms with E-state index in [2.05, 4.69) is 27.3 Å². The molecular weight excluding hydrogens is 436 g/mol. The Hall–Kier alpha value is -2.72. The molecule has 0 aliphatic carbocycles. The Morgan fingerprint density at radius 3 is 2.59 bits per heavy atom. The molecule has 0 heterocycles. The largest absolute Gasteiger partial charge is 0.494 e. The zero-order valence-electron chi connectivity index (χ0n) is 16.7. The highest BCUT2D eigenvalue weighted by molar-refractivity contribution is 9.10. The molecule has 6 nitrogen and oxygen atoms in total. The van der Waals surface area contributed by atoms with Gasteiger partial charge in [-0.2, -0.15) is 5.26 Å². The summed E-state index contributed by atoms with van der Waals surface area (Å²) in [6, 6.07) is 13.2. The third kappa shape index (κ3) is 7.66. The molecule has 0 atom stereocenters. The molecule has 1 N–H and O–H groups in total. The lowest BCUT2D eigenvalue weighted by molar-refractivity contribution is -0.123. The van der Waals surface area contributed by atoms with E-state index in [1.54, 1.807) is 12.1 Å². The number of nitrogens with zero attached hydrogens (tertiary/aromatic N) is 1. The fraction of sp³-hybridized carbons (Fsp3) is 0.364. The summed E-state index contributed by atoms with van der Waals surface area (Å²) in [4.78, 5) is 12.0. The summed E-state index contributed by atoms with van der Waals surface area (Å²) in [7, 11) is 0. The van der Waals surface area contributed by atoms with E-state index in [0.717, 1.165) is 18.6 Å². The van der Waals surface area contributed by atoms with Crippen molar-refractivity contribution in [2.45, 2.75) is 26.7 Å². The van der Waals surface area contributed by atoms with Crippen molar-refractivity contribution in [1.82, 2.24) is 5.32 Å². The molecule has 7 heteroatoms. The molecule has 0 fully saturated rings. The fourth-order valence-electron chi connectivity index (χ4n) is 2.50. The van der Waals surface area contributed by atoms with Crippen molar-refractivity contribution in [1.29, 1.82) is 5.26 Å². The minimum atomic E-state index is -0.219. The summed E-state index contributed by atoms with van der Waals surface area (Å²) < 4.78 is 17.4. The average Bonchev–Trinajstić information content (AvgIpc) is 2.71. The lowest BCUT2D eigenvalue weighted by atomic mass is 10.2. The SMILES string of the molecule is CCOc1cc(C#N)cc(Br)c1OCC(=O)NCCCCOc1ccc(C)cc1. The van der Waals surface area contributed by atoms with Crippen LogP contribution in [0.25, 0.3) is 0 Å². The number of benzene rings is 2. The molecule has 154 valence electrons. The zero-order chi connectivity index (χ0) is 21.1. The monoisotopic (exact) mass is 460 g/mol. The first-order valence-electron chi connectivity index (χ1n) is 9.49. The van der Waals surface area contributed by atoms with Gasteiger partial charge in [0.1, 0.15) is 5.75 Å². The van der Waals surface area contributed by atoms with E-state index >= 15 is 0 Å². The quantitative estimate of drug-likeness (QED) is 0.503. The van der Waals surface area contributed by atoms with E-state index in [1.807, 2.05) is 38.1 Å². The van der Waals surface area contributed by atoms with E-state index in [1.165, 1.54) is 5.56 Å². The van der Waals surface area contributed by atoms with Gasteiger partial charge in [-0.1, -0.05) is 17.7 Å². The van der Waals surface area contributed by atoms with Crippen molar-refractivity contribution in [3.8, 4) is 23.3 Å². The van der Waals surface area contributed by atoms with Crippen LogP contribution in [-0.2, 0) is 4.79 Å². The van der Waals surface area contributed by atoms with Crippen LogP contribution in [0.3, 0.4) is 0 Å². The number of hydrogen-bond donors (Lipinski definition) is 1. The number of ether oxygens (including phenoxy) is 3. The van der Waals surface area contributed by atoms with Crippen LogP contribution in [0.4, 0.5) is 0 Å². The van der Waals surface area contributed by atoms with Crippen molar-refractivity contribution >= 4 is 21.8 Å². The summed E-state index contributed by atoms with van der Waals surface area (Å²) in [6.45, 7) is 5.32. The van der Waals surface area contributed by atoms with E-state index in [-0.39, 0.29) is 12.5 Å². The summed E-state index contributed by atoms with van der Waals surface area (Å²) in [5.41, 5.74) is 1.65. The van der Waals surface area contributed by atoms with Crippen LogP contribution < -0.4 is 19.5 Å². The number of carbonyl (C=O) groups excluding carboxylic acids is 1. The van der Waals surface area contributed by atoms with Crippen molar-refractivity contribution in [2.75, 3.05) is 26.4 Å². The Labute approximate surface area is 179 Å². The van der Waals surface area contributed by atoms with Crippen LogP contribution in [0.15, 0.2) is 40.9 Å². The first-order valence-corrected chi connectivity index (χ1v) is 10.3. The molecule has 0 aromatic heterocycles. The molecular formula is C22H25BrN2O4. The number of hydrogen-bond acceptors (Lipinski definition) is 5. The third-order valence-electron chi connectivity index (χ3n) is 3.97. The Morgan fingerprint density at radius 2 is 1.90 bits per heavy atom. The smallest absolute Gasteiger partial charge is 0.257 e. The number of carbonyl (C=O) groups is 1. The molecule has 1 amide bonds. The van der Waals surface area contributed by atoms with Crippen molar-refractivity contribution < 1.29 is 19.0 Å². The highest BCUT2D eigenvalue weighted by atomic mass is 79.9. The number of unbranched alkanes of at least 4 members (excludes halogenated alkanes) is 1. The molecule has 0 saturated carbocycles. The zero-order valence-corrected chi connectivity index (χ0v) is 18.3. The molecule has 2 aromatic carbocycles. The van der Waals surface area contributed by atoms with E-state index in [4.69, 9.17) is 19.5 Å². The first-order chi connectivity index (χ1) is 14.0. The Kier molecular flexibility index (Phi) is 9.32. The Bertz CT molecular complexity index is 847. The summed E-state index contributed by atoms with van der Waals surface area (Å²) in [5, 5.41) is 11.9. The van der Waals surface area contributed by atoms with Crippen LogP contribution in [0.2, 0.25) is 0 Å². The molecule has 0 saturated heterocycles. The van der Waals surface area contributed by atoms with Gasteiger partial charge in [-0.25, -0.2) is 0 Å². The molecule has 29 heavy (non-hydrogen) atoms. The number of aryl methyl sites for hydroxylation is 1. The van der Waals surface area contributed by atoms with E-state index in [0.29, 0.717) is 41.3 Å². The standard InChI is InChI=1S/C22H25BrN2O4/c1-3-27-20-13-17(14-24)12-19(23)22(20)29-15-21(26)25-10-4-5-11-28-18-8-6-16(2)7-9-18/h6-9,12-13H,3-5,10-11,15H2,1-2H3,(H,25,26). The summed E-state index contributed by atoms with van der Waals surface area (Å²) in [5.74, 6) is 1.47. The molecule has 0 unspecified atom stereocenters. The van der Waals surface area contributed by atoms with Crippen LogP contribution in [0, 0.1) is 18.3 Å². The maximum absolute atomic E-state index is 12.0. The fourth-order valence-corrected chi connectivity index (χ4v) is 3.06. The van der Waals surface area contributed by atoms with Gasteiger partial charge in [0.15, 0.2) is 18.1 Å². The lowest BCUT2D eigenvalue weighted by Crippen LogP contribution is -2.30. The molecule has 0 radical (unpaired) electrons. The van der Waals surface area contributed by atoms with E-state index in [9.17, 15) is 4.79 Å². The molecule has 0 aliphatic heterocycles. The van der Waals surface area contributed by atoms with Crippen LogP contribution in [-0.4, -0.2) is 32.3 Å². The Balaban J connectivity index is 1.69. The summed E-state index contributed by atoms with van der Waals surface area (Å²) in [6.07, 6.45) is 1.65.